The molecule has 0 aliphatic carbocycles. The highest BCUT2D eigenvalue weighted by Gasteiger charge is 2.07. The molecule has 0 unspecified atom stereocenters. The summed E-state index contributed by atoms with van der Waals surface area (Å²) in [4.78, 5) is 14.0. The third-order valence-corrected chi connectivity index (χ3v) is 3.84. The summed E-state index contributed by atoms with van der Waals surface area (Å²) in [7, 11) is 0. The molecule has 0 bridgehead atoms. The van der Waals surface area contributed by atoms with E-state index < -0.39 is 0 Å². The SMILES string of the molecule is CC(=NOCCN)c1ccc(N)c(NCc2ccc3ncccc3c2)n1. The van der Waals surface area contributed by atoms with Crippen LogP contribution in [0.4, 0.5) is 11.5 Å². The summed E-state index contributed by atoms with van der Waals surface area (Å²) in [5.74, 6) is 0.613. The average molecular weight is 350 g/mol. The molecule has 0 radical (unpaired) electrons. The zero-order valence-electron chi connectivity index (χ0n) is 14.6. The first-order valence-corrected chi connectivity index (χ1v) is 8.38. The highest BCUT2D eigenvalue weighted by Crippen LogP contribution is 2.19. The number of nitrogens with one attached hydrogen (secondary N) is 1. The molecule has 0 fully saturated rings. The summed E-state index contributed by atoms with van der Waals surface area (Å²) in [5, 5.41) is 8.39. The number of hydrogen-bond acceptors (Lipinski definition) is 7. The molecule has 7 heteroatoms. The number of oxime groups is 1. The van der Waals surface area contributed by atoms with Crippen LogP contribution < -0.4 is 16.8 Å². The van der Waals surface area contributed by atoms with Gasteiger partial charge in [-0.05, 0) is 42.8 Å². The summed E-state index contributed by atoms with van der Waals surface area (Å²) in [6.07, 6.45) is 1.79. The van der Waals surface area contributed by atoms with E-state index in [1.165, 1.54) is 0 Å². The number of pyridine rings is 2. The predicted octanol–water partition coefficient (Wildman–Crippen LogP) is 2.52. The van der Waals surface area contributed by atoms with Crippen LogP contribution in [-0.4, -0.2) is 28.8 Å². The first-order valence-electron chi connectivity index (χ1n) is 8.38. The Bertz CT molecular complexity index is 925. The van der Waals surface area contributed by atoms with Crippen molar-refractivity contribution in [2.45, 2.75) is 13.5 Å². The van der Waals surface area contributed by atoms with Crippen molar-refractivity contribution in [2.75, 3.05) is 24.2 Å². The van der Waals surface area contributed by atoms with Crippen LogP contribution in [0, 0.1) is 0 Å². The molecule has 5 N–H and O–H groups in total. The second kappa shape index (κ2) is 8.26. The number of rotatable bonds is 7. The summed E-state index contributed by atoms with van der Waals surface area (Å²) in [5.41, 5.74) is 15.5. The zero-order chi connectivity index (χ0) is 18.4. The molecule has 2 heterocycles. The maximum absolute atomic E-state index is 6.04. The minimum atomic E-state index is 0.369. The fourth-order valence-corrected chi connectivity index (χ4v) is 2.48. The highest BCUT2D eigenvalue weighted by atomic mass is 16.6. The van der Waals surface area contributed by atoms with E-state index >= 15 is 0 Å². The Morgan fingerprint density at radius 2 is 2.12 bits per heavy atom. The first-order chi connectivity index (χ1) is 12.7. The van der Waals surface area contributed by atoms with Crippen molar-refractivity contribution >= 4 is 28.1 Å². The van der Waals surface area contributed by atoms with E-state index in [9.17, 15) is 0 Å². The van der Waals surface area contributed by atoms with Gasteiger partial charge in [0.1, 0.15) is 18.1 Å². The molecule has 3 aromatic rings. The third kappa shape index (κ3) is 4.25. The van der Waals surface area contributed by atoms with Gasteiger partial charge >= 0.3 is 0 Å². The number of aromatic nitrogens is 2. The van der Waals surface area contributed by atoms with Crippen molar-refractivity contribution in [3.63, 3.8) is 0 Å². The van der Waals surface area contributed by atoms with Gasteiger partial charge in [0.25, 0.3) is 0 Å². The molecular formula is C19H22N6O. The second-order valence-electron chi connectivity index (χ2n) is 5.82. The molecular weight excluding hydrogens is 328 g/mol. The number of hydrogen-bond donors (Lipinski definition) is 3. The largest absolute Gasteiger partial charge is 0.396 e. The van der Waals surface area contributed by atoms with E-state index in [-0.39, 0.29) is 0 Å². The van der Waals surface area contributed by atoms with E-state index in [4.69, 9.17) is 16.3 Å². The van der Waals surface area contributed by atoms with Crippen molar-refractivity contribution in [2.24, 2.45) is 10.9 Å². The fraction of sp³-hybridized carbons (Fsp3) is 0.211. The van der Waals surface area contributed by atoms with Gasteiger partial charge in [-0.2, -0.15) is 0 Å². The molecule has 134 valence electrons. The number of nitrogens with zero attached hydrogens (tertiary/aromatic N) is 3. The maximum atomic E-state index is 6.04. The molecule has 0 saturated heterocycles. The van der Waals surface area contributed by atoms with Gasteiger partial charge in [0.15, 0.2) is 0 Å². The topological polar surface area (TPSA) is 111 Å². The van der Waals surface area contributed by atoms with Gasteiger partial charge in [0.2, 0.25) is 0 Å². The van der Waals surface area contributed by atoms with E-state index in [0.29, 0.717) is 42.6 Å². The monoisotopic (exact) mass is 350 g/mol. The summed E-state index contributed by atoms with van der Waals surface area (Å²) in [6.45, 7) is 3.22. The number of fused-ring (bicyclic) bond motifs is 1. The number of anilines is 2. The molecule has 0 amide bonds. The molecule has 1 aromatic carbocycles. The van der Waals surface area contributed by atoms with Gasteiger partial charge in [0.05, 0.1) is 16.9 Å². The normalized spacial score (nSPS) is 11.5. The Morgan fingerprint density at radius 3 is 2.96 bits per heavy atom. The summed E-state index contributed by atoms with van der Waals surface area (Å²) < 4.78 is 0. The molecule has 26 heavy (non-hydrogen) atoms. The number of nitrogens with two attached hydrogens (primary N) is 2. The second-order valence-corrected chi connectivity index (χ2v) is 5.82. The van der Waals surface area contributed by atoms with Gasteiger partial charge < -0.3 is 21.6 Å². The van der Waals surface area contributed by atoms with Crippen LogP contribution in [0.3, 0.4) is 0 Å². The Hall–Kier alpha value is -3.19. The molecule has 2 aromatic heterocycles. The van der Waals surface area contributed by atoms with Gasteiger partial charge in [0, 0.05) is 24.7 Å². The third-order valence-electron chi connectivity index (χ3n) is 3.84. The van der Waals surface area contributed by atoms with Crippen molar-refractivity contribution in [3.8, 4) is 0 Å². The van der Waals surface area contributed by atoms with E-state index in [0.717, 1.165) is 16.5 Å². The van der Waals surface area contributed by atoms with Crippen LogP contribution in [0.5, 0.6) is 0 Å². The molecule has 3 rings (SSSR count). The predicted molar refractivity (Wildman–Crippen MR) is 105 cm³/mol. The molecule has 0 aliphatic heterocycles. The quantitative estimate of drug-likeness (QED) is 0.343. The van der Waals surface area contributed by atoms with Crippen LogP contribution in [0.15, 0.2) is 53.8 Å². The lowest BCUT2D eigenvalue weighted by Crippen LogP contribution is -2.10. The van der Waals surface area contributed by atoms with Crippen LogP contribution in [0.2, 0.25) is 0 Å². The summed E-state index contributed by atoms with van der Waals surface area (Å²) in [6, 6.07) is 13.7. The Balaban J connectivity index is 1.74. The van der Waals surface area contributed by atoms with Gasteiger partial charge in [-0.3, -0.25) is 4.98 Å². The standard InChI is InChI=1S/C19H22N6O/c1-13(25-26-10-8-20)17-7-5-16(21)19(24-17)23-12-14-4-6-18-15(11-14)3-2-9-22-18/h2-7,9,11H,8,10,12,20-21H2,1H3,(H,23,24). The van der Waals surface area contributed by atoms with E-state index in [2.05, 4.69) is 26.5 Å². The van der Waals surface area contributed by atoms with Crippen LogP contribution in [-0.2, 0) is 11.4 Å². The van der Waals surface area contributed by atoms with Crippen molar-refractivity contribution in [3.05, 3.63) is 59.9 Å². The number of nitrogen functional groups attached to an aromatic ring is 1. The lowest BCUT2D eigenvalue weighted by atomic mass is 10.1. The van der Waals surface area contributed by atoms with E-state index in [1.807, 2.05) is 37.3 Å². The fourth-order valence-electron chi connectivity index (χ4n) is 2.48. The van der Waals surface area contributed by atoms with E-state index in [1.54, 1.807) is 12.3 Å². The lowest BCUT2D eigenvalue weighted by Gasteiger charge is -2.11. The molecule has 0 spiro atoms. The van der Waals surface area contributed by atoms with Gasteiger partial charge in [-0.1, -0.05) is 17.3 Å². The van der Waals surface area contributed by atoms with Gasteiger partial charge in [-0.25, -0.2) is 4.98 Å². The van der Waals surface area contributed by atoms with Crippen molar-refractivity contribution in [1.82, 2.24) is 9.97 Å². The molecule has 0 aliphatic rings. The Kier molecular flexibility index (Phi) is 5.60. The average Bonchev–Trinajstić information content (AvgIpc) is 2.67. The minimum Gasteiger partial charge on any atom is -0.396 e. The molecule has 7 nitrogen and oxygen atoms in total. The maximum Gasteiger partial charge on any atom is 0.150 e. The Morgan fingerprint density at radius 1 is 1.23 bits per heavy atom. The number of benzene rings is 1. The van der Waals surface area contributed by atoms with Crippen molar-refractivity contribution in [1.29, 1.82) is 0 Å². The lowest BCUT2D eigenvalue weighted by molar-refractivity contribution is 0.152. The smallest absolute Gasteiger partial charge is 0.150 e. The Labute approximate surface area is 152 Å². The van der Waals surface area contributed by atoms with Crippen LogP contribution in [0.25, 0.3) is 10.9 Å². The van der Waals surface area contributed by atoms with Crippen molar-refractivity contribution < 1.29 is 4.84 Å². The highest BCUT2D eigenvalue weighted by molar-refractivity contribution is 5.97. The van der Waals surface area contributed by atoms with Crippen LogP contribution in [0.1, 0.15) is 18.2 Å². The minimum absolute atomic E-state index is 0.369. The molecule has 0 saturated carbocycles. The summed E-state index contributed by atoms with van der Waals surface area (Å²) >= 11 is 0. The zero-order valence-corrected chi connectivity index (χ0v) is 14.6. The first kappa shape index (κ1) is 17.6. The van der Waals surface area contributed by atoms with Crippen LogP contribution >= 0.6 is 0 Å². The van der Waals surface area contributed by atoms with Gasteiger partial charge in [-0.15, -0.1) is 0 Å². The molecule has 0 atom stereocenters.